The van der Waals surface area contributed by atoms with Gasteiger partial charge in [0.2, 0.25) is 0 Å². The van der Waals surface area contributed by atoms with E-state index in [0.717, 1.165) is 11.4 Å². The van der Waals surface area contributed by atoms with Gasteiger partial charge in [-0.25, -0.2) is 0 Å². The van der Waals surface area contributed by atoms with E-state index in [1.165, 1.54) is 10.4 Å². The predicted octanol–water partition coefficient (Wildman–Crippen LogP) is 2.20. The summed E-state index contributed by atoms with van der Waals surface area (Å²) in [7, 11) is 0. The Morgan fingerprint density at radius 3 is 2.56 bits per heavy atom. The van der Waals surface area contributed by atoms with E-state index in [1.54, 1.807) is 11.3 Å². The van der Waals surface area contributed by atoms with Crippen LogP contribution in [0.5, 0.6) is 0 Å². The van der Waals surface area contributed by atoms with E-state index in [9.17, 15) is 0 Å². The summed E-state index contributed by atoms with van der Waals surface area (Å²) in [5, 5.41) is 0.935. The van der Waals surface area contributed by atoms with Gasteiger partial charge in [0.05, 0.1) is 5.00 Å². The number of anilines is 1. The molecule has 1 nitrogen and oxygen atoms in total. The topological polar surface area (TPSA) is 26.0 Å². The van der Waals surface area contributed by atoms with E-state index < -0.39 is 0 Å². The first-order valence-electron chi connectivity index (χ1n) is 3.08. The summed E-state index contributed by atoms with van der Waals surface area (Å²) in [5.41, 5.74) is 6.96. The highest BCUT2D eigenvalue weighted by Gasteiger charge is 1.98. The first-order chi connectivity index (χ1) is 4.24. The van der Waals surface area contributed by atoms with Gasteiger partial charge in [-0.15, -0.1) is 11.3 Å². The highest BCUT2D eigenvalue weighted by Crippen LogP contribution is 2.23. The molecular weight excluding hydrogens is 130 g/mol. The fourth-order valence-corrected chi connectivity index (χ4v) is 1.79. The summed E-state index contributed by atoms with van der Waals surface area (Å²) >= 11 is 1.67. The molecule has 0 saturated heterocycles. The Morgan fingerprint density at radius 2 is 2.33 bits per heavy atom. The molecule has 1 aromatic rings. The maximum absolute atomic E-state index is 5.57. The van der Waals surface area contributed by atoms with Crippen molar-refractivity contribution in [2.75, 3.05) is 5.73 Å². The minimum absolute atomic E-state index is 0.935. The molecule has 0 radical (unpaired) electrons. The lowest BCUT2D eigenvalue weighted by atomic mass is 10.2. The Bertz CT molecular complexity index is 203. The molecule has 1 heterocycles. The molecule has 0 atom stereocenters. The minimum atomic E-state index is 0.935. The van der Waals surface area contributed by atoms with Gasteiger partial charge in [-0.1, -0.05) is 6.92 Å². The summed E-state index contributed by atoms with van der Waals surface area (Å²) in [6.45, 7) is 4.26. The highest BCUT2D eigenvalue weighted by molar-refractivity contribution is 7.15. The van der Waals surface area contributed by atoms with Gasteiger partial charge in [0.15, 0.2) is 0 Å². The molecule has 0 aromatic carbocycles. The van der Waals surface area contributed by atoms with Gasteiger partial charge < -0.3 is 5.73 Å². The van der Waals surface area contributed by atoms with Crippen LogP contribution in [0, 0.1) is 6.92 Å². The molecule has 0 fully saturated rings. The Hall–Kier alpha value is -0.500. The van der Waals surface area contributed by atoms with Gasteiger partial charge in [0, 0.05) is 4.88 Å². The van der Waals surface area contributed by atoms with Crippen molar-refractivity contribution in [3.05, 3.63) is 16.5 Å². The number of nitrogen functional groups attached to an aromatic ring is 1. The zero-order valence-corrected chi connectivity index (χ0v) is 6.59. The zero-order valence-electron chi connectivity index (χ0n) is 5.77. The van der Waals surface area contributed by atoms with Crippen molar-refractivity contribution >= 4 is 16.3 Å². The molecule has 1 rings (SSSR count). The average Bonchev–Trinajstić information content (AvgIpc) is 2.10. The van der Waals surface area contributed by atoms with E-state index in [1.807, 2.05) is 0 Å². The smallest absolute Gasteiger partial charge is 0.0861 e. The maximum Gasteiger partial charge on any atom is 0.0861 e. The normalized spacial score (nSPS) is 10.0. The Balaban J connectivity index is 3.01. The van der Waals surface area contributed by atoms with Gasteiger partial charge in [-0.05, 0) is 25.0 Å². The molecule has 2 N–H and O–H groups in total. The van der Waals surface area contributed by atoms with Crippen molar-refractivity contribution in [3.63, 3.8) is 0 Å². The van der Waals surface area contributed by atoms with Gasteiger partial charge in [-0.2, -0.15) is 0 Å². The lowest BCUT2D eigenvalue weighted by molar-refractivity contribution is 1.13. The van der Waals surface area contributed by atoms with Crippen LogP contribution in [0.1, 0.15) is 17.4 Å². The molecular formula is C7H11NS. The van der Waals surface area contributed by atoms with E-state index >= 15 is 0 Å². The molecule has 9 heavy (non-hydrogen) atoms. The second-order valence-corrected chi connectivity index (χ2v) is 3.37. The molecule has 0 aliphatic rings. The molecule has 0 amide bonds. The van der Waals surface area contributed by atoms with Crippen molar-refractivity contribution in [1.29, 1.82) is 0 Å². The molecule has 0 saturated carbocycles. The highest BCUT2D eigenvalue weighted by atomic mass is 32.1. The number of thiophene rings is 1. The average molecular weight is 141 g/mol. The van der Waals surface area contributed by atoms with Gasteiger partial charge in [0.1, 0.15) is 0 Å². The molecule has 0 unspecified atom stereocenters. The third-order valence-electron chi connectivity index (χ3n) is 1.42. The molecule has 0 bridgehead atoms. The largest absolute Gasteiger partial charge is 0.391 e. The van der Waals surface area contributed by atoms with Crippen LogP contribution in [0.4, 0.5) is 5.00 Å². The Labute approximate surface area is 59.5 Å². The number of aryl methyl sites for hydroxylation is 2. The number of rotatable bonds is 1. The summed E-state index contributed by atoms with van der Waals surface area (Å²) in [6, 6.07) is 2.06. The van der Waals surface area contributed by atoms with Crippen molar-refractivity contribution in [2.24, 2.45) is 0 Å². The van der Waals surface area contributed by atoms with Crippen molar-refractivity contribution in [3.8, 4) is 0 Å². The number of hydrogen-bond donors (Lipinski definition) is 1. The molecule has 0 aliphatic carbocycles. The lowest BCUT2D eigenvalue weighted by Crippen LogP contribution is -1.77. The SMILES string of the molecule is CCc1cc(N)sc1C. The lowest BCUT2D eigenvalue weighted by Gasteiger charge is -1.87. The van der Waals surface area contributed by atoms with E-state index in [2.05, 4.69) is 19.9 Å². The molecule has 0 aliphatic heterocycles. The van der Waals surface area contributed by atoms with Crippen LogP contribution in [0.2, 0.25) is 0 Å². The third-order valence-corrected chi connectivity index (χ3v) is 2.34. The summed E-state index contributed by atoms with van der Waals surface area (Å²) in [4.78, 5) is 1.36. The van der Waals surface area contributed by atoms with Crippen LogP contribution in [0.3, 0.4) is 0 Å². The zero-order chi connectivity index (χ0) is 6.85. The fourth-order valence-electron chi connectivity index (χ4n) is 0.896. The fraction of sp³-hybridized carbons (Fsp3) is 0.429. The van der Waals surface area contributed by atoms with Crippen LogP contribution in [-0.4, -0.2) is 0 Å². The van der Waals surface area contributed by atoms with Crippen LogP contribution < -0.4 is 5.73 Å². The molecule has 2 heteroatoms. The van der Waals surface area contributed by atoms with Crippen LogP contribution in [0.25, 0.3) is 0 Å². The van der Waals surface area contributed by atoms with E-state index in [0.29, 0.717) is 0 Å². The third kappa shape index (κ3) is 1.24. The second kappa shape index (κ2) is 2.40. The Morgan fingerprint density at radius 1 is 1.67 bits per heavy atom. The monoisotopic (exact) mass is 141 g/mol. The van der Waals surface area contributed by atoms with Crippen molar-refractivity contribution in [2.45, 2.75) is 20.3 Å². The van der Waals surface area contributed by atoms with Crippen molar-refractivity contribution < 1.29 is 0 Å². The standard InChI is InChI=1S/C7H11NS/c1-3-6-4-7(8)9-5(6)2/h4H,3,8H2,1-2H3. The van der Waals surface area contributed by atoms with Crippen LogP contribution in [0.15, 0.2) is 6.07 Å². The van der Waals surface area contributed by atoms with Crippen molar-refractivity contribution in [1.82, 2.24) is 0 Å². The molecule has 0 spiro atoms. The van der Waals surface area contributed by atoms with Gasteiger partial charge in [-0.3, -0.25) is 0 Å². The quantitative estimate of drug-likeness (QED) is 0.637. The van der Waals surface area contributed by atoms with Gasteiger partial charge >= 0.3 is 0 Å². The first-order valence-corrected chi connectivity index (χ1v) is 3.90. The van der Waals surface area contributed by atoms with E-state index in [-0.39, 0.29) is 0 Å². The first kappa shape index (κ1) is 6.62. The molecule has 1 aromatic heterocycles. The summed E-state index contributed by atoms with van der Waals surface area (Å²) < 4.78 is 0. The van der Waals surface area contributed by atoms with Gasteiger partial charge in [0.25, 0.3) is 0 Å². The number of nitrogens with two attached hydrogens (primary N) is 1. The Kier molecular flexibility index (Phi) is 1.76. The number of hydrogen-bond acceptors (Lipinski definition) is 2. The molecule has 50 valence electrons. The second-order valence-electron chi connectivity index (χ2n) is 2.08. The summed E-state index contributed by atoms with van der Waals surface area (Å²) in [5.74, 6) is 0. The van der Waals surface area contributed by atoms with Crippen LogP contribution in [-0.2, 0) is 6.42 Å². The minimum Gasteiger partial charge on any atom is -0.391 e. The summed E-state index contributed by atoms with van der Waals surface area (Å²) in [6.07, 6.45) is 1.10. The predicted molar refractivity (Wildman–Crippen MR) is 42.8 cm³/mol. The maximum atomic E-state index is 5.57. The van der Waals surface area contributed by atoms with E-state index in [4.69, 9.17) is 5.73 Å². The van der Waals surface area contributed by atoms with Crippen LogP contribution >= 0.6 is 11.3 Å².